The Morgan fingerprint density at radius 2 is 2.45 bits per heavy atom. The predicted octanol–water partition coefficient (Wildman–Crippen LogP) is 2.45. The smallest absolute Gasteiger partial charge is 0.0973 e. The predicted molar refractivity (Wildman–Crippen MR) is 46.6 cm³/mol. The lowest BCUT2D eigenvalue weighted by Crippen LogP contribution is -1.73. The molecule has 0 radical (unpaired) electrons. The average molecular weight is 164 g/mol. The van der Waals surface area contributed by atoms with E-state index in [1.54, 1.807) is 11.3 Å². The topological polar surface area (TPSA) is 28.7 Å². The van der Waals surface area contributed by atoms with Gasteiger partial charge in [0.05, 0.1) is 16.9 Å². The highest BCUT2D eigenvalue weighted by Crippen LogP contribution is 2.17. The lowest BCUT2D eigenvalue weighted by Gasteiger charge is -1.86. The van der Waals surface area contributed by atoms with Gasteiger partial charge in [0, 0.05) is 11.6 Å². The van der Waals surface area contributed by atoms with E-state index in [-0.39, 0.29) is 0 Å². The highest BCUT2D eigenvalue weighted by Gasteiger charge is 1.99. The van der Waals surface area contributed by atoms with Crippen LogP contribution in [-0.2, 0) is 0 Å². The van der Waals surface area contributed by atoms with Crippen LogP contribution < -0.4 is 0 Å². The third-order valence-electron chi connectivity index (χ3n) is 1.54. The van der Waals surface area contributed by atoms with Crippen molar-refractivity contribution in [3.05, 3.63) is 28.7 Å². The minimum atomic E-state index is 1.03. The van der Waals surface area contributed by atoms with E-state index in [1.165, 1.54) is 5.56 Å². The summed E-state index contributed by atoms with van der Waals surface area (Å²) in [6, 6.07) is 2.09. The van der Waals surface area contributed by atoms with Crippen molar-refractivity contribution < 1.29 is 0 Å². The van der Waals surface area contributed by atoms with E-state index in [4.69, 9.17) is 0 Å². The van der Waals surface area contributed by atoms with Crippen LogP contribution in [0, 0.1) is 6.92 Å². The number of hydrogen-bond acceptors (Lipinski definition) is 2. The van der Waals surface area contributed by atoms with Crippen LogP contribution in [0.15, 0.2) is 23.2 Å². The number of hydrogen-bond donors (Lipinski definition) is 1. The van der Waals surface area contributed by atoms with Crippen LogP contribution in [0.3, 0.4) is 0 Å². The van der Waals surface area contributed by atoms with Crippen molar-refractivity contribution in [2.45, 2.75) is 6.92 Å². The molecule has 56 valence electrons. The second-order valence-electron chi connectivity index (χ2n) is 2.46. The van der Waals surface area contributed by atoms with Gasteiger partial charge < -0.3 is 4.98 Å². The van der Waals surface area contributed by atoms with E-state index in [1.807, 2.05) is 17.1 Å². The minimum absolute atomic E-state index is 1.03. The first kappa shape index (κ1) is 6.61. The summed E-state index contributed by atoms with van der Waals surface area (Å²) in [5, 5.41) is 2.03. The molecule has 0 aliphatic rings. The van der Waals surface area contributed by atoms with Crippen molar-refractivity contribution in [2.24, 2.45) is 0 Å². The zero-order valence-corrected chi connectivity index (χ0v) is 6.98. The van der Waals surface area contributed by atoms with E-state index in [9.17, 15) is 0 Å². The molecule has 0 amide bonds. The summed E-state index contributed by atoms with van der Waals surface area (Å²) < 4.78 is 0. The summed E-state index contributed by atoms with van der Waals surface area (Å²) in [5.74, 6) is 0. The molecule has 3 heteroatoms. The van der Waals surface area contributed by atoms with Gasteiger partial charge in [0.25, 0.3) is 0 Å². The zero-order chi connectivity index (χ0) is 7.68. The van der Waals surface area contributed by atoms with Gasteiger partial charge in [-0.2, -0.15) is 0 Å². The number of nitrogens with one attached hydrogen (secondary N) is 1. The van der Waals surface area contributed by atoms with Gasteiger partial charge in [-0.1, -0.05) is 0 Å². The van der Waals surface area contributed by atoms with E-state index in [0.29, 0.717) is 0 Å². The fourth-order valence-electron chi connectivity index (χ4n) is 0.996. The first-order valence-corrected chi connectivity index (χ1v) is 4.34. The normalized spacial score (nSPS) is 10.3. The second kappa shape index (κ2) is 2.51. The molecule has 0 saturated heterocycles. The Bertz CT molecular complexity index is 335. The fourth-order valence-corrected chi connectivity index (χ4v) is 1.55. The van der Waals surface area contributed by atoms with Crippen molar-refractivity contribution in [2.75, 3.05) is 0 Å². The first-order valence-electron chi connectivity index (χ1n) is 3.40. The van der Waals surface area contributed by atoms with Crippen molar-refractivity contribution in [3.63, 3.8) is 0 Å². The molecule has 0 aromatic carbocycles. The van der Waals surface area contributed by atoms with Crippen LogP contribution in [0.4, 0.5) is 0 Å². The van der Waals surface area contributed by atoms with E-state index in [2.05, 4.69) is 23.0 Å². The van der Waals surface area contributed by atoms with Crippen LogP contribution in [0.2, 0.25) is 0 Å². The molecule has 0 atom stereocenters. The van der Waals surface area contributed by atoms with Gasteiger partial charge in [-0.25, -0.2) is 4.98 Å². The lowest BCUT2D eigenvalue weighted by atomic mass is 10.3. The van der Waals surface area contributed by atoms with Crippen LogP contribution >= 0.6 is 11.3 Å². The molecule has 2 aromatic heterocycles. The molecule has 1 N–H and O–H groups in total. The average Bonchev–Trinajstić information content (AvgIpc) is 2.55. The number of H-pyrrole nitrogens is 1. The molecule has 0 fully saturated rings. The van der Waals surface area contributed by atoms with Crippen LogP contribution in [0.25, 0.3) is 11.4 Å². The largest absolute Gasteiger partial charge is 0.360 e. The Labute approximate surface area is 68.9 Å². The second-order valence-corrected chi connectivity index (χ2v) is 3.18. The Kier molecular flexibility index (Phi) is 1.51. The first-order chi connectivity index (χ1) is 5.36. The van der Waals surface area contributed by atoms with Crippen molar-refractivity contribution in [1.29, 1.82) is 0 Å². The molecule has 0 saturated carbocycles. The molecule has 2 nitrogen and oxygen atoms in total. The highest BCUT2D eigenvalue weighted by atomic mass is 32.1. The van der Waals surface area contributed by atoms with Gasteiger partial charge in [-0.15, -0.1) is 11.3 Å². The van der Waals surface area contributed by atoms with Gasteiger partial charge in [0.15, 0.2) is 0 Å². The van der Waals surface area contributed by atoms with Crippen molar-refractivity contribution in [1.82, 2.24) is 9.97 Å². The van der Waals surface area contributed by atoms with Crippen molar-refractivity contribution in [3.8, 4) is 11.4 Å². The van der Waals surface area contributed by atoms with Gasteiger partial charge >= 0.3 is 0 Å². The molecule has 2 heterocycles. The molecule has 2 rings (SSSR count). The lowest BCUT2D eigenvalue weighted by molar-refractivity contribution is 1.33. The number of nitrogens with zero attached hydrogens (tertiary/aromatic N) is 1. The quantitative estimate of drug-likeness (QED) is 0.689. The molecule has 11 heavy (non-hydrogen) atoms. The fraction of sp³-hybridized carbons (Fsp3) is 0.125. The maximum absolute atomic E-state index is 4.19. The number of aromatic amines is 1. The summed E-state index contributed by atoms with van der Waals surface area (Å²) in [4.78, 5) is 7.34. The van der Waals surface area contributed by atoms with Crippen molar-refractivity contribution >= 4 is 11.3 Å². The number of aromatic nitrogens is 2. The molecular weight excluding hydrogens is 156 g/mol. The molecular formula is C8H8N2S. The summed E-state index contributed by atoms with van der Waals surface area (Å²) in [6.45, 7) is 2.06. The maximum atomic E-state index is 4.19. The van der Waals surface area contributed by atoms with Crippen LogP contribution in [-0.4, -0.2) is 9.97 Å². The Balaban J connectivity index is 2.45. The third-order valence-corrected chi connectivity index (χ3v) is 2.12. The van der Waals surface area contributed by atoms with E-state index < -0.39 is 0 Å². The maximum Gasteiger partial charge on any atom is 0.0973 e. The van der Waals surface area contributed by atoms with Gasteiger partial charge in [0.2, 0.25) is 0 Å². The number of aryl methyl sites for hydroxylation is 1. The summed E-state index contributed by atoms with van der Waals surface area (Å²) in [7, 11) is 0. The summed E-state index contributed by atoms with van der Waals surface area (Å²) in [6.07, 6.45) is 1.98. The van der Waals surface area contributed by atoms with Gasteiger partial charge in [-0.05, 0) is 18.6 Å². The standard InChI is InChI=1S/C8H8N2S/c1-6-2-7(9-3-6)8-4-11-5-10-8/h2-5,9H,1H3. The SMILES string of the molecule is Cc1c[nH]c(-c2cscn2)c1. The molecule has 2 aromatic rings. The highest BCUT2D eigenvalue weighted by molar-refractivity contribution is 7.07. The molecule has 0 aliphatic heterocycles. The molecule has 0 bridgehead atoms. The third kappa shape index (κ3) is 1.19. The van der Waals surface area contributed by atoms with Crippen LogP contribution in [0.1, 0.15) is 5.56 Å². The monoisotopic (exact) mass is 164 g/mol. The molecule has 0 unspecified atom stereocenters. The summed E-state index contributed by atoms with van der Waals surface area (Å²) >= 11 is 1.61. The zero-order valence-electron chi connectivity index (χ0n) is 6.16. The summed E-state index contributed by atoms with van der Waals surface area (Å²) in [5.41, 5.74) is 5.21. The Morgan fingerprint density at radius 3 is 3.00 bits per heavy atom. The number of thiazole rings is 1. The molecule has 0 aliphatic carbocycles. The van der Waals surface area contributed by atoms with E-state index >= 15 is 0 Å². The van der Waals surface area contributed by atoms with Gasteiger partial charge in [-0.3, -0.25) is 0 Å². The Hall–Kier alpha value is -1.09. The van der Waals surface area contributed by atoms with Crippen LogP contribution in [0.5, 0.6) is 0 Å². The van der Waals surface area contributed by atoms with E-state index in [0.717, 1.165) is 11.4 Å². The molecule has 0 spiro atoms. The minimum Gasteiger partial charge on any atom is -0.360 e. The van der Waals surface area contributed by atoms with Gasteiger partial charge in [0.1, 0.15) is 0 Å². The Morgan fingerprint density at radius 1 is 1.55 bits per heavy atom. The number of rotatable bonds is 1.